The molecule has 23 heavy (non-hydrogen) atoms. The van der Waals surface area contributed by atoms with E-state index < -0.39 is 5.91 Å². The van der Waals surface area contributed by atoms with Gasteiger partial charge >= 0.3 is 0 Å². The zero-order chi connectivity index (χ0) is 16.1. The molecule has 6 nitrogen and oxygen atoms in total. The van der Waals surface area contributed by atoms with Gasteiger partial charge in [0.2, 0.25) is 0 Å². The third kappa shape index (κ3) is 3.51. The van der Waals surface area contributed by atoms with Gasteiger partial charge in [0.15, 0.2) is 5.13 Å². The van der Waals surface area contributed by atoms with Crippen LogP contribution in [0.5, 0.6) is 0 Å². The Labute approximate surface area is 136 Å². The van der Waals surface area contributed by atoms with Crippen LogP contribution in [0.25, 0.3) is 17.3 Å². The van der Waals surface area contributed by atoms with Crippen LogP contribution in [0.4, 0.5) is 5.13 Å². The number of benzene rings is 1. The van der Waals surface area contributed by atoms with E-state index in [1.807, 2.05) is 41.8 Å². The van der Waals surface area contributed by atoms with Crippen LogP contribution in [0.3, 0.4) is 0 Å². The van der Waals surface area contributed by atoms with Gasteiger partial charge in [0.25, 0.3) is 5.91 Å². The van der Waals surface area contributed by atoms with Crippen molar-refractivity contribution in [2.45, 2.75) is 0 Å². The third-order valence-electron chi connectivity index (χ3n) is 2.98. The van der Waals surface area contributed by atoms with Gasteiger partial charge in [-0.25, -0.2) is 9.97 Å². The molecule has 0 fully saturated rings. The monoisotopic (exact) mass is 321 g/mol. The maximum atomic E-state index is 12.1. The minimum absolute atomic E-state index is 0.0225. The molecule has 1 aromatic carbocycles. The lowest BCUT2D eigenvalue weighted by molar-refractivity contribution is -0.112. The number of nitrogens with zero attached hydrogens (tertiary/aromatic N) is 3. The van der Waals surface area contributed by atoms with Gasteiger partial charge in [-0.1, -0.05) is 30.3 Å². The summed E-state index contributed by atoms with van der Waals surface area (Å²) in [4.78, 5) is 23.2. The average Bonchev–Trinajstić information content (AvgIpc) is 3.25. The van der Waals surface area contributed by atoms with Crippen molar-refractivity contribution in [3.05, 3.63) is 59.5 Å². The third-order valence-corrected chi connectivity index (χ3v) is 3.74. The van der Waals surface area contributed by atoms with Crippen LogP contribution in [0.2, 0.25) is 0 Å². The SMILES string of the molecule is N#CC(=Cc1cnc[nH]1)C(=O)Nc1nc(-c2ccccc2)cs1. The van der Waals surface area contributed by atoms with Crippen molar-refractivity contribution < 1.29 is 4.79 Å². The molecular weight excluding hydrogens is 310 g/mol. The molecule has 112 valence electrons. The predicted molar refractivity (Wildman–Crippen MR) is 88.4 cm³/mol. The number of hydrogen-bond donors (Lipinski definition) is 2. The number of amides is 1. The lowest BCUT2D eigenvalue weighted by Gasteiger charge is -1.99. The second-order valence-corrected chi connectivity index (χ2v) is 5.39. The number of H-pyrrole nitrogens is 1. The fraction of sp³-hybridized carbons (Fsp3) is 0. The van der Waals surface area contributed by atoms with Gasteiger partial charge in [-0.15, -0.1) is 11.3 Å². The highest BCUT2D eigenvalue weighted by Gasteiger charge is 2.12. The first-order chi connectivity index (χ1) is 11.3. The van der Waals surface area contributed by atoms with Gasteiger partial charge in [0.1, 0.15) is 11.6 Å². The molecule has 2 heterocycles. The van der Waals surface area contributed by atoms with Crippen molar-refractivity contribution in [1.29, 1.82) is 5.26 Å². The van der Waals surface area contributed by atoms with Gasteiger partial charge < -0.3 is 4.98 Å². The Hall–Kier alpha value is -3.24. The number of imidazole rings is 1. The number of nitriles is 1. The standard InChI is InChI=1S/C16H11N5OS/c17-7-12(6-13-8-18-10-19-13)15(22)21-16-20-14(9-23-16)11-4-2-1-3-5-11/h1-6,8-10H,(H,18,19)(H,20,21,22). The Bertz CT molecular complexity index is 875. The summed E-state index contributed by atoms with van der Waals surface area (Å²) in [6, 6.07) is 11.5. The molecular formula is C16H11N5OS. The molecule has 0 aliphatic carbocycles. The number of carbonyl (C=O) groups is 1. The summed E-state index contributed by atoms with van der Waals surface area (Å²) in [6.07, 6.45) is 4.45. The Kier molecular flexibility index (Phi) is 4.27. The van der Waals surface area contributed by atoms with E-state index in [-0.39, 0.29) is 5.57 Å². The number of thiazole rings is 1. The van der Waals surface area contributed by atoms with E-state index in [9.17, 15) is 4.79 Å². The number of rotatable bonds is 4. The number of carbonyl (C=O) groups excluding carboxylic acids is 1. The van der Waals surface area contributed by atoms with E-state index in [0.717, 1.165) is 11.3 Å². The maximum Gasteiger partial charge on any atom is 0.268 e. The summed E-state index contributed by atoms with van der Waals surface area (Å²) >= 11 is 1.31. The van der Waals surface area contributed by atoms with Crippen LogP contribution in [0.1, 0.15) is 5.69 Å². The van der Waals surface area contributed by atoms with E-state index >= 15 is 0 Å². The largest absolute Gasteiger partial charge is 0.345 e. The topological polar surface area (TPSA) is 94.5 Å². The highest BCUT2D eigenvalue weighted by molar-refractivity contribution is 7.14. The summed E-state index contributed by atoms with van der Waals surface area (Å²) < 4.78 is 0. The molecule has 3 aromatic rings. The van der Waals surface area contributed by atoms with Crippen LogP contribution in [0, 0.1) is 11.3 Å². The molecule has 2 aromatic heterocycles. The molecule has 0 unspecified atom stereocenters. The summed E-state index contributed by atoms with van der Waals surface area (Å²) in [5, 5.41) is 14.1. The highest BCUT2D eigenvalue weighted by Crippen LogP contribution is 2.24. The van der Waals surface area contributed by atoms with Crippen molar-refractivity contribution in [1.82, 2.24) is 15.0 Å². The second-order valence-electron chi connectivity index (χ2n) is 4.53. The van der Waals surface area contributed by atoms with Gasteiger partial charge in [0.05, 0.1) is 23.9 Å². The first-order valence-electron chi connectivity index (χ1n) is 6.69. The van der Waals surface area contributed by atoms with E-state index in [1.54, 1.807) is 0 Å². The van der Waals surface area contributed by atoms with Gasteiger partial charge in [0, 0.05) is 10.9 Å². The van der Waals surface area contributed by atoms with E-state index in [1.165, 1.54) is 29.9 Å². The van der Waals surface area contributed by atoms with Crippen LogP contribution in [-0.4, -0.2) is 20.9 Å². The van der Waals surface area contributed by atoms with Crippen LogP contribution >= 0.6 is 11.3 Å². The van der Waals surface area contributed by atoms with Crippen LogP contribution in [0.15, 0.2) is 53.8 Å². The summed E-state index contributed by atoms with van der Waals surface area (Å²) in [5.74, 6) is -0.504. The zero-order valence-electron chi connectivity index (χ0n) is 11.9. The van der Waals surface area contributed by atoms with Crippen molar-refractivity contribution in [2.24, 2.45) is 0 Å². The number of aromatic nitrogens is 3. The van der Waals surface area contributed by atoms with Crippen molar-refractivity contribution in [2.75, 3.05) is 5.32 Å². The minimum Gasteiger partial charge on any atom is -0.345 e. The second kappa shape index (κ2) is 6.68. The van der Waals surface area contributed by atoms with E-state index in [0.29, 0.717) is 10.8 Å². The van der Waals surface area contributed by atoms with Crippen LogP contribution in [-0.2, 0) is 4.79 Å². The molecule has 1 amide bonds. The normalized spacial score (nSPS) is 11.0. The summed E-state index contributed by atoms with van der Waals surface area (Å²) in [5.41, 5.74) is 2.31. The Morgan fingerprint density at radius 2 is 2.17 bits per heavy atom. The van der Waals surface area contributed by atoms with Gasteiger partial charge in [-0.2, -0.15) is 5.26 Å². The molecule has 0 aliphatic rings. The van der Waals surface area contributed by atoms with Crippen molar-refractivity contribution in [3.63, 3.8) is 0 Å². The Morgan fingerprint density at radius 3 is 2.87 bits per heavy atom. The van der Waals surface area contributed by atoms with Gasteiger partial charge in [-0.05, 0) is 6.08 Å². The molecule has 0 atom stereocenters. The van der Waals surface area contributed by atoms with Crippen molar-refractivity contribution in [3.8, 4) is 17.3 Å². The first kappa shape index (κ1) is 14.7. The summed E-state index contributed by atoms with van der Waals surface area (Å²) in [6.45, 7) is 0. The predicted octanol–water partition coefficient (Wildman–Crippen LogP) is 3.08. The molecule has 0 spiro atoms. The maximum absolute atomic E-state index is 12.1. The zero-order valence-corrected chi connectivity index (χ0v) is 12.7. The summed E-state index contributed by atoms with van der Waals surface area (Å²) in [7, 11) is 0. The molecule has 0 aliphatic heterocycles. The van der Waals surface area contributed by atoms with Gasteiger partial charge in [-0.3, -0.25) is 10.1 Å². The minimum atomic E-state index is -0.504. The molecule has 7 heteroatoms. The number of aromatic amines is 1. The lowest BCUT2D eigenvalue weighted by Crippen LogP contribution is -2.13. The van der Waals surface area contributed by atoms with Crippen molar-refractivity contribution >= 4 is 28.5 Å². The average molecular weight is 321 g/mol. The first-order valence-corrected chi connectivity index (χ1v) is 7.56. The fourth-order valence-electron chi connectivity index (χ4n) is 1.89. The number of anilines is 1. The Balaban J connectivity index is 1.76. The molecule has 2 N–H and O–H groups in total. The van der Waals surface area contributed by atoms with Crippen LogP contribution < -0.4 is 5.32 Å². The molecule has 0 saturated heterocycles. The molecule has 0 bridgehead atoms. The lowest BCUT2D eigenvalue weighted by atomic mass is 10.2. The number of hydrogen-bond acceptors (Lipinski definition) is 5. The quantitative estimate of drug-likeness (QED) is 0.570. The number of nitrogens with one attached hydrogen (secondary N) is 2. The smallest absolute Gasteiger partial charge is 0.268 e. The van der Waals surface area contributed by atoms with E-state index in [2.05, 4.69) is 20.3 Å². The molecule has 3 rings (SSSR count). The molecule has 0 saturated carbocycles. The Morgan fingerprint density at radius 1 is 1.35 bits per heavy atom. The van der Waals surface area contributed by atoms with E-state index in [4.69, 9.17) is 5.26 Å². The fourth-order valence-corrected chi connectivity index (χ4v) is 2.60. The molecule has 0 radical (unpaired) electrons. The highest BCUT2D eigenvalue weighted by atomic mass is 32.1.